The van der Waals surface area contributed by atoms with Gasteiger partial charge >= 0.3 is 5.97 Å². The highest BCUT2D eigenvalue weighted by Gasteiger charge is 2.71. The Kier molecular flexibility index (Phi) is 5.72. The lowest BCUT2D eigenvalue weighted by molar-refractivity contribution is -0.228. The fourth-order valence-corrected chi connectivity index (χ4v) is 11.0. The molecule has 0 heterocycles. The number of allylic oxidation sites excluding steroid dienone is 1. The van der Waals surface area contributed by atoms with Gasteiger partial charge in [0.05, 0.1) is 6.42 Å². The molecule has 0 bridgehead atoms. The van der Waals surface area contributed by atoms with Crippen LogP contribution in [0.5, 0.6) is 0 Å². The van der Waals surface area contributed by atoms with Crippen LogP contribution in [0.3, 0.4) is 0 Å². The van der Waals surface area contributed by atoms with E-state index < -0.39 is 5.97 Å². The largest absolute Gasteiger partial charge is 0.481 e. The normalized spacial score (nSPS) is 51.1. The number of carboxylic acids is 1. The van der Waals surface area contributed by atoms with Gasteiger partial charge in [0.25, 0.3) is 0 Å². The average Bonchev–Trinajstić information content (AvgIpc) is 2.78. The van der Waals surface area contributed by atoms with Gasteiger partial charge in [0.1, 0.15) is 5.78 Å². The maximum atomic E-state index is 14.4. The predicted molar refractivity (Wildman–Crippen MR) is 140 cm³/mol. The Morgan fingerprint density at radius 2 is 1.67 bits per heavy atom. The van der Waals surface area contributed by atoms with Gasteiger partial charge in [-0.05, 0) is 96.2 Å². The van der Waals surface area contributed by atoms with E-state index in [4.69, 9.17) is 5.73 Å². The molecule has 0 aliphatic heterocycles. The molecule has 5 rings (SSSR count). The number of carbonyl (C=O) groups is 3. The Morgan fingerprint density at radius 1 is 1.00 bits per heavy atom. The van der Waals surface area contributed by atoms with E-state index in [9.17, 15) is 19.5 Å². The van der Waals surface area contributed by atoms with Crippen LogP contribution in [-0.4, -0.2) is 22.6 Å². The number of carboxylic acid groups (broad SMARTS) is 1. The van der Waals surface area contributed by atoms with Crippen molar-refractivity contribution >= 4 is 17.5 Å². The smallest absolute Gasteiger partial charge is 0.303 e. The van der Waals surface area contributed by atoms with E-state index in [-0.39, 0.29) is 68.9 Å². The summed E-state index contributed by atoms with van der Waals surface area (Å²) < 4.78 is 0. The number of fused-ring (bicyclic) bond motifs is 7. The van der Waals surface area contributed by atoms with Crippen LogP contribution in [0.25, 0.3) is 0 Å². The Labute approximate surface area is 217 Å². The summed E-state index contributed by atoms with van der Waals surface area (Å²) in [5, 5.41) is 9.92. The van der Waals surface area contributed by atoms with Gasteiger partial charge in [0, 0.05) is 30.0 Å². The third-order valence-corrected chi connectivity index (χ3v) is 13.1. The predicted octanol–water partition coefficient (Wildman–Crippen LogP) is 6.15. The van der Waals surface area contributed by atoms with Crippen molar-refractivity contribution in [1.82, 2.24) is 0 Å². The van der Waals surface area contributed by atoms with Crippen LogP contribution in [0, 0.1) is 56.7 Å². The molecule has 0 spiro atoms. The Morgan fingerprint density at radius 3 is 2.31 bits per heavy atom. The maximum absolute atomic E-state index is 14.4. The molecule has 3 N–H and O–H groups in total. The molecule has 36 heavy (non-hydrogen) atoms. The second kappa shape index (κ2) is 7.93. The van der Waals surface area contributed by atoms with E-state index in [0.29, 0.717) is 18.6 Å². The summed E-state index contributed by atoms with van der Waals surface area (Å²) in [5.41, 5.74) is 6.26. The molecule has 0 aromatic rings. The zero-order valence-electron chi connectivity index (χ0n) is 23.3. The van der Waals surface area contributed by atoms with Crippen molar-refractivity contribution in [3.63, 3.8) is 0 Å². The zero-order chi connectivity index (χ0) is 26.5. The molecule has 5 saturated carbocycles. The number of hydrogen-bond donors (Lipinski definition) is 2. The SMILES string of the molecule is C[C@H]1C(=O)C(=CN)C[C@@]2(C)C1CC[C@]1(C)C2CC(=O)C2C3CC(C)(C)CC[C@]3(CC(=O)O)CC[C@]21C. The van der Waals surface area contributed by atoms with Gasteiger partial charge in [-0.15, -0.1) is 0 Å². The summed E-state index contributed by atoms with van der Waals surface area (Å²) in [5.74, 6) is 0.340. The van der Waals surface area contributed by atoms with Crippen LogP contribution in [-0.2, 0) is 14.4 Å². The number of nitrogens with two attached hydrogens (primary N) is 1. The Hall–Kier alpha value is -1.65. The van der Waals surface area contributed by atoms with Gasteiger partial charge in [0.2, 0.25) is 0 Å². The molecule has 5 aliphatic carbocycles. The lowest BCUT2D eigenvalue weighted by Crippen LogP contribution is -2.68. The summed E-state index contributed by atoms with van der Waals surface area (Å²) in [6.07, 6.45) is 9.73. The van der Waals surface area contributed by atoms with Crippen molar-refractivity contribution in [3.05, 3.63) is 11.8 Å². The zero-order valence-corrected chi connectivity index (χ0v) is 23.3. The molecule has 9 atom stereocenters. The van der Waals surface area contributed by atoms with Crippen molar-refractivity contribution in [3.8, 4) is 0 Å². The number of rotatable bonds is 2. The highest BCUT2D eigenvalue weighted by molar-refractivity contribution is 5.98. The van der Waals surface area contributed by atoms with Crippen molar-refractivity contribution in [1.29, 1.82) is 0 Å². The van der Waals surface area contributed by atoms with E-state index in [2.05, 4.69) is 41.5 Å². The second-order valence-electron chi connectivity index (χ2n) is 15.1. The molecular formula is C31H47NO4. The average molecular weight is 498 g/mol. The molecule has 5 nitrogen and oxygen atoms in total. The fraction of sp³-hybridized carbons (Fsp3) is 0.839. The third-order valence-electron chi connectivity index (χ3n) is 13.1. The second-order valence-corrected chi connectivity index (χ2v) is 15.1. The molecule has 0 saturated heterocycles. The summed E-state index contributed by atoms with van der Waals surface area (Å²) in [6, 6.07) is 0. The summed E-state index contributed by atoms with van der Waals surface area (Å²) in [4.78, 5) is 39.5. The minimum Gasteiger partial charge on any atom is -0.481 e. The first-order chi connectivity index (χ1) is 16.6. The van der Waals surface area contributed by atoms with Crippen LogP contribution < -0.4 is 5.73 Å². The molecule has 5 heteroatoms. The molecular weight excluding hydrogens is 450 g/mol. The van der Waals surface area contributed by atoms with E-state index in [1.165, 1.54) is 6.20 Å². The Balaban J connectivity index is 1.59. The van der Waals surface area contributed by atoms with Crippen LogP contribution in [0.4, 0.5) is 0 Å². The van der Waals surface area contributed by atoms with Gasteiger partial charge in [-0.1, -0.05) is 41.5 Å². The topological polar surface area (TPSA) is 97.5 Å². The first kappa shape index (κ1) is 26.0. The lowest BCUT2D eigenvalue weighted by Gasteiger charge is -2.72. The molecule has 200 valence electrons. The standard InChI is InChI=1S/C31H47NO4/c1-18-20-7-8-29(5)23(28(20,4)14-19(17-32)26(18)36)13-22(33)25-21-15-27(2,3)9-11-31(21,16-24(34)35)12-10-30(25,29)6/h17-18,20-21,23,25H,7-16,32H2,1-6H3,(H,34,35)/t18-,20?,21?,23?,25?,28+,29-,30-,31-/m1/s1. The molecule has 0 aromatic carbocycles. The lowest BCUT2D eigenvalue weighted by atomic mass is 9.31. The number of Topliss-reactive ketones (excluding diaryl/α,β-unsaturated/α-hetero) is 2. The number of carbonyl (C=O) groups excluding carboxylic acids is 2. The molecule has 0 amide bonds. The highest BCUT2D eigenvalue weighted by atomic mass is 16.4. The summed E-state index contributed by atoms with van der Waals surface area (Å²) in [6.45, 7) is 13.8. The third kappa shape index (κ3) is 3.29. The van der Waals surface area contributed by atoms with Crippen molar-refractivity contribution in [2.75, 3.05) is 0 Å². The van der Waals surface area contributed by atoms with E-state index in [1.54, 1.807) is 0 Å². The van der Waals surface area contributed by atoms with Crippen LogP contribution in [0.1, 0.15) is 106 Å². The van der Waals surface area contributed by atoms with Crippen LogP contribution in [0.15, 0.2) is 11.8 Å². The number of ketones is 2. The minimum absolute atomic E-state index is 0.0202. The van der Waals surface area contributed by atoms with Crippen molar-refractivity contribution < 1.29 is 19.5 Å². The molecule has 0 aromatic heterocycles. The van der Waals surface area contributed by atoms with E-state index in [1.807, 2.05) is 0 Å². The fourth-order valence-electron chi connectivity index (χ4n) is 11.0. The van der Waals surface area contributed by atoms with Gasteiger partial charge in [-0.3, -0.25) is 14.4 Å². The van der Waals surface area contributed by atoms with E-state index >= 15 is 0 Å². The van der Waals surface area contributed by atoms with Crippen molar-refractivity contribution in [2.45, 2.75) is 106 Å². The first-order valence-corrected chi connectivity index (χ1v) is 14.3. The van der Waals surface area contributed by atoms with E-state index in [0.717, 1.165) is 50.5 Å². The van der Waals surface area contributed by atoms with Gasteiger partial charge in [-0.2, -0.15) is 0 Å². The summed E-state index contributed by atoms with van der Waals surface area (Å²) >= 11 is 0. The molecule has 4 unspecified atom stereocenters. The van der Waals surface area contributed by atoms with Crippen LogP contribution in [0.2, 0.25) is 0 Å². The van der Waals surface area contributed by atoms with Crippen molar-refractivity contribution in [2.24, 2.45) is 62.4 Å². The molecule has 0 radical (unpaired) electrons. The summed E-state index contributed by atoms with van der Waals surface area (Å²) in [7, 11) is 0. The number of hydrogen-bond acceptors (Lipinski definition) is 4. The van der Waals surface area contributed by atoms with Gasteiger partial charge in [0.15, 0.2) is 5.78 Å². The molecule has 5 aliphatic rings. The monoisotopic (exact) mass is 497 g/mol. The minimum atomic E-state index is -0.717. The quantitative estimate of drug-likeness (QED) is 0.446. The van der Waals surface area contributed by atoms with Gasteiger partial charge in [-0.25, -0.2) is 0 Å². The number of aliphatic carboxylic acids is 1. The van der Waals surface area contributed by atoms with Gasteiger partial charge < -0.3 is 10.8 Å². The highest BCUT2D eigenvalue weighted by Crippen LogP contribution is 2.75. The first-order valence-electron chi connectivity index (χ1n) is 14.3. The Bertz CT molecular complexity index is 1030. The van der Waals surface area contributed by atoms with Crippen LogP contribution >= 0.6 is 0 Å². The maximum Gasteiger partial charge on any atom is 0.303 e. The molecule has 5 fully saturated rings.